The summed E-state index contributed by atoms with van der Waals surface area (Å²) in [6.07, 6.45) is 2.30. The zero-order valence-electron chi connectivity index (χ0n) is 12.9. The van der Waals surface area contributed by atoms with Gasteiger partial charge in [0.05, 0.1) is 11.7 Å². The summed E-state index contributed by atoms with van der Waals surface area (Å²) in [5, 5.41) is 0. The topological polar surface area (TPSA) is 18.5 Å². The van der Waals surface area contributed by atoms with Crippen LogP contribution in [0.25, 0.3) is 0 Å². The van der Waals surface area contributed by atoms with Gasteiger partial charge in [-0.05, 0) is 45.4 Å². The predicted molar refractivity (Wildman–Crippen MR) is 74.4 cm³/mol. The Hall–Kier alpha value is -0.0800. The van der Waals surface area contributed by atoms with Gasteiger partial charge < -0.3 is 9.47 Å². The first-order chi connectivity index (χ1) is 7.88. The number of ether oxygens (including phenoxy) is 2. The molecule has 17 heavy (non-hydrogen) atoms. The Morgan fingerprint density at radius 1 is 0.824 bits per heavy atom. The van der Waals surface area contributed by atoms with Crippen LogP contribution in [0.4, 0.5) is 0 Å². The highest BCUT2D eigenvalue weighted by Gasteiger charge is 2.38. The second-order valence-electron chi connectivity index (χ2n) is 5.79. The van der Waals surface area contributed by atoms with Crippen LogP contribution in [0.3, 0.4) is 0 Å². The minimum Gasteiger partial charge on any atom is -0.376 e. The fourth-order valence-corrected chi connectivity index (χ4v) is 2.72. The third-order valence-corrected chi connectivity index (χ3v) is 3.10. The summed E-state index contributed by atoms with van der Waals surface area (Å²) in [6, 6.07) is 0. The average molecular weight is 244 g/mol. The maximum atomic E-state index is 6.14. The Kier molecular flexibility index (Phi) is 8.06. The van der Waals surface area contributed by atoms with Gasteiger partial charge in [-0.3, -0.25) is 0 Å². The van der Waals surface area contributed by atoms with E-state index in [2.05, 4.69) is 48.5 Å². The molecule has 2 nitrogen and oxygen atoms in total. The van der Waals surface area contributed by atoms with E-state index in [-0.39, 0.29) is 11.7 Å². The van der Waals surface area contributed by atoms with Crippen LogP contribution in [-0.4, -0.2) is 24.9 Å². The van der Waals surface area contributed by atoms with Gasteiger partial charge >= 0.3 is 0 Å². The molecule has 0 N–H and O–H groups in total. The van der Waals surface area contributed by atoms with E-state index in [0.717, 1.165) is 26.1 Å². The van der Waals surface area contributed by atoms with Gasteiger partial charge in [0.25, 0.3) is 0 Å². The molecule has 0 aromatic carbocycles. The summed E-state index contributed by atoms with van der Waals surface area (Å²) >= 11 is 0. The van der Waals surface area contributed by atoms with Crippen LogP contribution in [0.1, 0.15) is 61.3 Å². The maximum Gasteiger partial charge on any atom is 0.0944 e. The third-order valence-electron chi connectivity index (χ3n) is 3.10. The molecule has 0 amide bonds. The zero-order chi connectivity index (χ0) is 13.5. The molecule has 0 heterocycles. The van der Waals surface area contributed by atoms with Crippen molar-refractivity contribution in [2.75, 3.05) is 13.2 Å². The molecule has 0 fully saturated rings. The van der Waals surface area contributed by atoms with Crippen LogP contribution in [0.15, 0.2) is 0 Å². The minimum absolute atomic E-state index is 0.118. The summed E-state index contributed by atoms with van der Waals surface area (Å²) in [5.41, 5.74) is -0.118. The van der Waals surface area contributed by atoms with Crippen LogP contribution in [0.2, 0.25) is 0 Å². The van der Waals surface area contributed by atoms with Crippen molar-refractivity contribution >= 4 is 0 Å². The first-order valence-corrected chi connectivity index (χ1v) is 7.13. The van der Waals surface area contributed by atoms with Gasteiger partial charge in [0.1, 0.15) is 0 Å². The van der Waals surface area contributed by atoms with Crippen LogP contribution in [0.5, 0.6) is 0 Å². The van der Waals surface area contributed by atoms with Gasteiger partial charge in [0, 0.05) is 13.2 Å². The lowest BCUT2D eigenvalue weighted by atomic mass is 9.81. The first-order valence-electron chi connectivity index (χ1n) is 7.13. The van der Waals surface area contributed by atoms with Crippen LogP contribution < -0.4 is 0 Å². The Bertz CT molecular complexity index is 177. The van der Waals surface area contributed by atoms with E-state index in [1.807, 2.05) is 0 Å². The van der Waals surface area contributed by atoms with Crippen molar-refractivity contribution in [2.45, 2.75) is 73.0 Å². The number of hydrogen-bond donors (Lipinski definition) is 0. The van der Waals surface area contributed by atoms with Crippen molar-refractivity contribution in [3.8, 4) is 0 Å². The molecule has 0 saturated carbocycles. The quantitative estimate of drug-likeness (QED) is 0.603. The Balaban J connectivity index is 4.92. The Morgan fingerprint density at radius 3 is 1.59 bits per heavy atom. The van der Waals surface area contributed by atoms with Crippen molar-refractivity contribution < 1.29 is 9.47 Å². The molecule has 0 spiro atoms. The number of rotatable bonds is 9. The summed E-state index contributed by atoms with van der Waals surface area (Å²) in [5.74, 6) is 1.26. The molecule has 1 unspecified atom stereocenters. The van der Waals surface area contributed by atoms with Crippen molar-refractivity contribution in [3.63, 3.8) is 0 Å². The minimum atomic E-state index is -0.118. The molecular formula is C15H32O2. The van der Waals surface area contributed by atoms with Crippen molar-refractivity contribution in [1.29, 1.82) is 0 Å². The second kappa shape index (κ2) is 8.10. The molecule has 0 aliphatic rings. The molecule has 0 aliphatic carbocycles. The Morgan fingerprint density at radius 2 is 1.29 bits per heavy atom. The Labute approximate surface area is 108 Å². The van der Waals surface area contributed by atoms with Gasteiger partial charge in [-0.1, -0.05) is 27.7 Å². The SMILES string of the molecule is CCOC(C)C(CC(C)C)(CC(C)C)OCC. The molecule has 0 aromatic rings. The average Bonchev–Trinajstić information content (AvgIpc) is 2.15. The lowest BCUT2D eigenvalue weighted by Crippen LogP contribution is -2.47. The molecule has 0 saturated heterocycles. The van der Waals surface area contributed by atoms with Crippen LogP contribution in [-0.2, 0) is 9.47 Å². The van der Waals surface area contributed by atoms with E-state index in [0.29, 0.717) is 11.8 Å². The van der Waals surface area contributed by atoms with Gasteiger partial charge in [-0.15, -0.1) is 0 Å². The predicted octanol–water partition coefficient (Wildman–Crippen LogP) is 4.28. The first kappa shape index (κ1) is 16.9. The lowest BCUT2D eigenvalue weighted by Gasteiger charge is -2.41. The van der Waals surface area contributed by atoms with E-state index >= 15 is 0 Å². The highest BCUT2D eigenvalue weighted by molar-refractivity contribution is 4.89. The molecule has 1 atom stereocenters. The summed E-state index contributed by atoms with van der Waals surface area (Å²) < 4.78 is 12.0. The molecule has 104 valence electrons. The normalized spacial score (nSPS) is 14.6. The highest BCUT2D eigenvalue weighted by Crippen LogP contribution is 2.33. The molecular weight excluding hydrogens is 212 g/mol. The lowest BCUT2D eigenvalue weighted by molar-refractivity contribution is -0.153. The zero-order valence-corrected chi connectivity index (χ0v) is 12.9. The fourth-order valence-electron chi connectivity index (χ4n) is 2.72. The van der Waals surface area contributed by atoms with Crippen LogP contribution in [0, 0.1) is 11.8 Å². The van der Waals surface area contributed by atoms with E-state index in [9.17, 15) is 0 Å². The van der Waals surface area contributed by atoms with Crippen molar-refractivity contribution in [2.24, 2.45) is 11.8 Å². The van der Waals surface area contributed by atoms with E-state index in [1.165, 1.54) is 0 Å². The van der Waals surface area contributed by atoms with E-state index in [4.69, 9.17) is 9.47 Å². The van der Waals surface area contributed by atoms with Crippen molar-refractivity contribution in [3.05, 3.63) is 0 Å². The highest BCUT2D eigenvalue weighted by atomic mass is 16.5. The standard InChI is InChI=1S/C15H32O2/c1-8-16-14(7)15(17-9-2,10-12(3)4)11-13(5)6/h12-14H,8-11H2,1-7H3. The largest absolute Gasteiger partial charge is 0.376 e. The number of hydrogen-bond acceptors (Lipinski definition) is 2. The van der Waals surface area contributed by atoms with Gasteiger partial charge in [0.2, 0.25) is 0 Å². The van der Waals surface area contributed by atoms with E-state index < -0.39 is 0 Å². The summed E-state index contributed by atoms with van der Waals surface area (Å²) in [7, 11) is 0. The third kappa shape index (κ3) is 5.87. The molecule has 0 radical (unpaired) electrons. The monoisotopic (exact) mass is 244 g/mol. The van der Waals surface area contributed by atoms with Gasteiger partial charge in [0.15, 0.2) is 0 Å². The van der Waals surface area contributed by atoms with Gasteiger partial charge in [-0.2, -0.15) is 0 Å². The maximum absolute atomic E-state index is 6.14. The fraction of sp³-hybridized carbons (Fsp3) is 1.00. The molecule has 0 rings (SSSR count). The molecule has 0 aliphatic heterocycles. The summed E-state index contributed by atoms with van der Waals surface area (Å²) in [6.45, 7) is 16.8. The molecule has 0 bridgehead atoms. The molecule has 2 heteroatoms. The summed E-state index contributed by atoms with van der Waals surface area (Å²) in [4.78, 5) is 0. The molecule has 0 aromatic heterocycles. The van der Waals surface area contributed by atoms with Crippen LogP contribution >= 0.6 is 0 Å². The van der Waals surface area contributed by atoms with Crippen molar-refractivity contribution in [1.82, 2.24) is 0 Å². The van der Waals surface area contributed by atoms with Gasteiger partial charge in [-0.25, -0.2) is 0 Å². The van der Waals surface area contributed by atoms with E-state index in [1.54, 1.807) is 0 Å². The second-order valence-corrected chi connectivity index (χ2v) is 5.79. The smallest absolute Gasteiger partial charge is 0.0944 e.